The SMILES string of the molecule is CCCCC(CC)COC(=O)c1ccccc1C(=O)OCC(CC)CCCC.ClCC(Br)CBr. The van der Waals surface area contributed by atoms with E-state index >= 15 is 0 Å². The highest BCUT2D eigenvalue weighted by molar-refractivity contribution is 9.12. The van der Waals surface area contributed by atoms with Crippen LogP contribution in [0.15, 0.2) is 24.3 Å². The van der Waals surface area contributed by atoms with Crippen LogP contribution in [0, 0.1) is 11.8 Å². The van der Waals surface area contributed by atoms with Gasteiger partial charge >= 0.3 is 11.9 Å². The van der Waals surface area contributed by atoms with Crippen LogP contribution in [0.5, 0.6) is 0 Å². The van der Waals surface area contributed by atoms with Crippen molar-refractivity contribution in [1.82, 2.24) is 0 Å². The maximum absolute atomic E-state index is 12.6. The Morgan fingerprint density at radius 2 is 1.26 bits per heavy atom. The number of carbonyl (C=O) groups is 2. The molecule has 0 aromatic heterocycles. The molecule has 0 bridgehead atoms. The van der Waals surface area contributed by atoms with Crippen molar-refractivity contribution in [1.29, 1.82) is 0 Å². The fourth-order valence-corrected chi connectivity index (χ4v) is 3.82. The molecular weight excluding hydrogens is 584 g/mol. The lowest BCUT2D eigenvalue weighted by Gasteiger charge is -2.17. The zero-order valence-electron chi connectivity index (χ0n) is 21.3. The molecule has 1 rings (SSSR count). The second-order valence-corrected chi connectivity index (χ2v) is 10.7. The first-order valence-electron chi connectivity index (χ1n) is 12.6. The van der Waals surface area contributed by atoms with Gasteiger partial charge in [-0.05, 0) is 36.8 Å². The third-order valence-electron chi connectivity index (χ3n) is 5.69. The summed E-state index contributed by atoms with van der Waals surface area (Å²) in [6.45, 7) is 9.34. The summed E-state index contributed by atoms with van der Waals surface area (Å²) < 4.78 is 11.0. The van der Waals surface area contributed by atoms with E-state index in [-0.39, 0.29) is 0 Å². The van der Waals surface area contributed by atoms with Crippen molar-refractivity contribution in [2.45, 2.75) is 83.9 Å². The van der Waals surface area contributed by atoms with Crippen molar-refractivity contribution in [2.75, 3.05) is 24.4 Å². The highest BCUT2D eigenvalue weighted by Crippen LogP contribution is 2.18. The third kappa shape index (κ3) is 14.7. The lowest BCUT2D eigenvalue weighted by molar-refractivity contribution is 0.0381. The molecule has 7 heteroatoms. The molecule has 1 aromatic carbocycles. The van der Waals surface area contributed by atoms with E-state index in [2.05, 4.69) is 59.6 Å². The molecule has 4 nitrogen and oxygen atoms in total. The Labute approximate surface area is 229 Å². The maximum Gasteiger partial charge on any atom is 0.339 e. The number of unbranched alkanes of at least 4 members (excludes halogenated alkanes) is 2. The van der Waals surface area contributed by atoms with Crippen molar-refractivity contribution in [3.8, 4) is 0 Å². The summed E-state index contributed by atoms with van der Waals surface area (Å²) in [5.41, 5.74) is 0.582. The quantitative estimate of drug-likeness (QED) is 0.136. The highest BCUT2D eigenvalue weighted by atomic mass is 79.9. The Hall–Kier alpha value is -0.590. The van der Waals surface area contributed by atoms with Gasteiger partial charge in [-0.25, -0.2) is 9.59 Å². The minimum absolute atomic E-state index is 0.291. The van der Waals surface area contributed by atoms with Crippen LogP contribution in [-0.2, 0) is 9.47 Å². The van der Waals surface area contributed by atoms with Gasteiger partial charge in [-0.2, -0.15) is 0 Å². The number of hydrogen-bond acceptors (Lipinski definition) is 4. The zero-order valence-corrected chi connectivity index (χ0v) is 25.2. The standard InChI is InChI=1S/C24H38O4.C3H5Br2Cl/c1-5-9-13-19(7-3)17-27-23(25)21-15-11-12-16-22(21)24(26)28-18-20(8-4)14-10-6-2;4-1-3(5)2-6/h11-12,15-16,19-20H,5-10,13-14,17-18H2,1-4H3;3H,1-2H2. The van der Waals surface area contributed by atoms with Gasteiger partial charge in [-0.1, -0.05) is 110 Å². The van der Waals surface area contributed by atoms with Crippen molar-refractivity contribution in [3.63, 3.8) is 0 Å². The zero-order chi connectivity index (χ0) is 25.8. The van der Waals surface area contributed by atoms with Gasteiger partial charge in [-0.3, -0.25) is 0 Å². The first kappa shape index (κ1) is 33.4. The number of ether oxygens (including phenoxy) is 2. The predicted molar refractivity (Wildman–Crippen MR) is 151 cm³/mol. The van der Waals surface area contributed by atoms with E-state index in [1.165, 1.54) is 0 Å². The van der Waals surface area contributed by atoms with Crippen molar-refractivity contribution in [2.24, 2.45) is 11.8 Å². The number of carbonyl (C=O) groups excluding carboxylic acids is 2. The van der Waals surface area contributed by atoms with Gasteiger partial charge in [-0.15, -0.1) is 11.6 Å². The van der Waals surface area contributed by atoms with Crippen LogP contribution in [0.2, 0.25) is 0 Å². The summed E-state index contributed by atoms with van der Waals surface area (Å²) in [5.74, 6) is 0.519. The predicted octanol–water partition coefficient (Wildman–Crippen LogP) is 8.82. The molecule has 0 amide bonds. The Balaban J connectivity index is 0.00000160. The van der Waals surface area contributed by atoms with Crippen LogP contribution >= 0.6 is 43.5 Å². The second kappa shape index (κ2) is 21.7. The van der Waals surface area contributed by atoms with Gasteiger partial charge in [0.25, 0.3) is 0 Å². The van der Waals surface area contributed by atoms with Gasteiger partial charge in [0.15, 0.2) is 0 Å². The molecule has 0 saturated carbocycles. The van der Waals surface area contributed by atoms with E-state index in [0.29, 0.717) is 46.9 Å². The lowest BCUT2D eigenvalue weighted by Crippen LogP contribution is -2.19. The third-order valence-corrected chi connectivity index (χ3v) is 8.73. The van der Waals surface area contributed by atoms with E-state index in [4.69, 9.17) is 21.1 Å². The molecule has 0 aliphatic heterocycles. The summed E-state index contributed by atoms with van der Waals surface area (Å²) in [5, 5.41) is 0.927. The summed E-state index contributed by atoms with van der Waals surface area (Å²) in [7, 11) is 0. The topological polar surface area (TPSA) is 52.6 Å². The molecule has 0 N–H and O–H groups in total. The molecule has 3 atom stereocenters. The molecular formula is C27H43Br2ClO4. The molecule has 0 heterocycles. The molecule has 196 valence electrons. The molecule has 1 aromatic rings. The van der Waals surface area contributed by atoms with Gasteiger partial charge in [0.05, 0.1) is 24.3 Å². The van der Waals surface area contributed by atoms with Crippen molar-refractivity contribution < 1.29 is 19.1 Å². The van der Waals surface area contributed by atoms with Crippen LogP contribution < -0.4 is 0 Å². The first-order chi connectivity index (χ1) is 16.4. The van der Waals surface area contributed by atoms with Crippen molar-refractivity contribution >= 4 is 55.4 Å². The van der Waals surface area contributed by atoms with Gasteiger partial charge in [0.1, 0.15) is 0 Å². The number of benzene rings is 1. The summed E-state index contributed by atoms with van der Waals surface area (Å²) >= 11 is 11.9. The van der Waals surface area contributed by atoms with Crippen LogP contribution in [0.25, 0.3) is 0 Å². The Morgan fingerprint density at radius 1 is 0.853 bits per heavy atom. The Bertz CT molecular complexity index is 617. The van der Waals surface area contributed by atoms with Crippen LogP contribution in [0.3, 0.4) is 0 Å². The first-order valence-corrected chi connectivity index (χ1v) is 15.1. The molecule has 34 heavy (non-hydrogen) atoms. The number of rotatable bonds is 16. The van der Waals surface area contributed by atoms with E-state index in [1.807, 2.05) is 0 Å². The largest absolute Gasteiger partial charge is 0.462 e. The molecule has 0 saturated heterocycles. The van der Waals surface area contributed by atoms with Crippen LogP contribution in [0.1, 0.15) is 99.8 Å². The normalized spacial score (nSPS) is 13.3. The molecule has 0 aliphatic rings. The maximum atomic E-state index is 12.6. The molecule has 3 unspecified atom stereocenters. The fourth-order valence-electron chi connectivity index (χ4n) is 3.22. The van der Waals surface area contributed by atoms with Gasteiger partial charge < -0.3 is 9.47 Å². The summed E-state index contributed by atoms with van der Waals surface area (Å²) in [4.78, 5) is 25.6. The molecule has 0 aliphatic carbocycles. The number of alkyl halides is 3. The second-order valence-electron chi connectivity index (χ2n) is 8.48. The molecule has 0 radical (unpaired) electrons. The monoisotopic (exact) mass is 624 g/mol. The molecule has 0 spiro atoms. The van der Waals surface area contributed by atoms with Crippen molar-refractivity contribution in [3.05, 3.63) is 35.4 Å². The Kier molecular flexibility index (Phi) is 21.3. The highest BCUT2D eigenvalue weighted by Gasteiger charge is 2.21. The van der Waals surface area contributed by atoms with E-state index in [0.717, 1.165) is 56.7 Å². The van der Waals surface area contributed by atoms with Crippen LogP contribution in [0.4, 0.5) is 0 Å². The lowest BCUT2D eigenvalue weighted by atomic mass is 10.0. The van der Waals surface area contributed by atoms with Gasteiger partial charge in [0, 0.05) is 16.0 Å². The van der Waals surface area contributed by atoms with Gasteiger partial charge in [0.2, 0.25) is 0 Å². The average Bonchev–Trinajstić information content (AvgIpc) is 2.88. The van der Waals surface area contributed by atoms with E-state index < -0.39 is 11.9 Å². The average molecular weight is 627 g/mol. The molecule has 0 fully saturated rings. The van der Waals surface area contributed by atoms with E-state index in [9.17, 15) is 9.59 Å². The number of halogens is 3. The number of hydrogen-bond donors (Lipinski definition) is 0. The summed E-state index contributed by atoms with van der Waals surface area (Å²) in [6, 6.07) is 6.77. The summed E-state index contributed by atoms with van der Waals surface area (Å²) in [6.07, 6.45) is 8.61. The van der Waals surface area contributed by atoms with E-state index in [1.54, 1.807) is 24.3 Å². The Morgan fingerprint density at radius 3 is 1.53 bits per heavy atom. The number of esters is 2. The smallest absolute Gasteiger partial charge is 0.339 e. The fraction of sp³-hybridized carbons (Fsp3) is 0.704. The van der Waals surface area contributed by atoms with Crippen LogP contribution in [-0.4, -0.2) is 41.2 Å². The minimum atomic E-state index is -0.444. The minimum Gasteiger partial charge on any atom is -0.462 e.